The number of nitrogens with one attached hydrogen (secondary N) is 2. The van der Waals surface area contributed by atoms with Gasteiger partial charge < -0.3 is 29.9 Å². The van der Waals surface area contributed by atoms with Gasteiger partial charge in [0, 0.05) is 65.0 Å². The summed E-state index contributed by atoms with van der Waals surface area (Å²) in [6.45, 7) is 3.88. The van der Waals surface area contributed by atoms with Crippen LogP contribution in [0.5, 0.6) is 11.5 Å². The Morgan fingerprint density at radius 3 is 2.63 bits per heavy atom. The van der Waals surface area contributed by atoms with Gasteiger partial charge in [-0.25, -0.2) is 0 Å². The summed E-state index contributed by atoms with van der Waals surface area (Å²) < 4.78 is 12.8. The van der Waals surface area contributed by atoms with Gasteiger partial charge in [-0.15, -0.1) is 0 Å². The smallest absolute Gasteiger partial charge is 0.258 e. The molecule has 1 aliphatic rings. The van der Waals surface area contributed by atoms with Crippen molar-refractivity contribution in [3.8, 4) is 11.5 Å². The highest BCUT2D eigenvalue weighted by atomic mass is 16.5. The van der Waals surface area contributed by atoms with Crippen LogP contribution in [0.4, 0.5) is 0 Å². The molecular formula is C29H42N6O6. The molecule has 2 aromatic rings. The number of methoxy groups -OCH3 is 1. The summed E-state index contributed by atoms with van der Waals surface area (Å²) in [7, 11) is 3.21. The molecule has 3 rings (SSSR count). The zero-order valence-electron chi connectivity index (χ0n) is 24.3. The van der Waals surface area contributed by atoms with E-state index in [0.717, 1.165) is 5.56 Å². The van der Waals surface area contributed by atoms with Crippen molar-refractivity contribution in [2.75, 3.05) is 46.9 Å². The van der Waals surface area contributed by atoms with E-state index in [1.807, 2.05) is 23.2 Å². The lowest BCUT2D eigenvalue weighted by Crippen LogP contribution is -2.47. The minimum Gasteiger partial charge on any atom is -0.493 e. The summed E-state index contributed by atoms with van der Waals surface area (Å²) in [5.41, 5.74) is 0.859. The fourth-order valence-corrected chi connectivity index (χ4v) is 4.58. The molecule has 1 atom stereocenters. The number of hydrogen-bond donors (Lipinski definition) is 2. The minimum absolute atomic E-state index is 0.0274. The zero-order chi connectivity index (χ0) is 29.6. The molecule has 1 aliphatic heterocycles. The summed E-state index contributed by atoms with van der Waals surface area (Å²) in [6, 6.07) is 6.43. The Balaban J connectivity index is 1.66. The van der Waals surface area contributed by atoms with Gasteiger partial charge in [0.25, 0.3) is 5.91 Å². The molecule has 4 amide bonds. The number of ether oxygens (including phenoxy) is 2. The largest absolute Gasteiger partial charge is 0.493 e. The number of aromatic nitrogens is 2. The van der Waals surface area contributed by atoms with Crippen molar-refractivity contribution in [3.05, 3.63) is 42.2 Å². The average molecular weight is 571 g/mol. The van der Waals surface area contributed by atoms with Gasteiger partial charge in [-0.3, -0.25) is 23.9 Å². The second-order valence-corrected chi connectivity index (χ2v) is 10.1. The Hall–Kier alpha value is -4.09. The lowest BCUT2D eigenvalue weighted by Gasteiger charge is -2.25. The number of carbonyl (C=O) groups excluding carboxylic acids is 4. The fraction of sp³-hybridized carbons (Fsp3) is 0.552. The van der Waals surface area contributed by atoms with Gasteiger partial charge in [0.1, 0.15) is 6.04 Å². The highest BCUT2D eigenvalue weighted by molar-refractivity contribution is 5.87. The summed E-state index contributed by atoms with van der Waals surface area (Å²) in [5.74, 6) is 0.159. The molecular weight excluding hydrogens is 528 g/mol. The number of aryl methyl sites for hydroxylation is 2. The van der Waals surface area contributed by atoms with Gasteiger partial charge in [0.15, 0.2) is 18.1 Å². The molecule has 2 N–H and O–H groups in total. The van der Waals surface area contributed by atoms with Gasteiger partial charge in [-0.2, -0.15) is 5.10 Å². The van der Waals surface area contributed by atoms with Crippen molar-refractivity contribution in [3.63, 3.8) is 0 Å². The number of hydrogen-bond acceptors (Lipinski definition) is 7. The maximum Gasteiger partial charge on any atom is 0.258 e. The summed E-state index contributed by atoms with van der Waals surface area (Å²) in [5, 5.41) is 9.79. The third-order valence-electron chi connectivity index (χ3n) is 6.92. The monoisotopic (exact) mass is 570 g/mol. The van der Waals surface area contributed by atoms with Crippen LogP contribution in [0, 0.1) is 0 Å². The van der Waals surface area contributed by atoms with Crippen LogP contribution in [-0.4, -0.2) is 96.2 Å². The summed E-state index contributed by atoms with van der Waals surface area (Å²) in [6.07, 6.45) is 6.65. The second kappa shape index (κ2) is 16.2. The van der Waals surface area contributed by atoms with Gasteiger partial charge in [-0.05, 0) is 56.4 Å². The van der Waals surface area contributed by atoms with Gasteiger partial charge >= 0.3 is 0 Å². The molecule has 0 saturated carbocycles. The van der Waals surface area contributed by atoms with E-state index in [-0.39, 0.29) is 30.7 Å². The maximum absolute atomic E-state index is 13.0. The van der Waals surface area contributed by atoms with Crippen LogP contribution < -0.4 is 20.1 Å². The number of nitrogens with zero attached hydrogens (tertiary/aromatic N) is 4. The molecule has 0 aliphatic carbocycles. The van der Waals surface area contributed by atoms with Crippen molar-refractivity contribution in [1.82, 2.24) is 30.2 Å². The van der Waals surface area contributed by atoms with E-state index in [4.69, 9.17) is 9.47 Å². The molecule has 2 bridgehead atoms. The Morgan fingerprint density at radius 2 is 1.88 bits per heavy atom. The van der Waals surface area contributed by atoms with Crippen molar-refractivity contribution in [1.29, 1.82) is 0 Å². The molecule has 0 saturated heterocycles. The first-order valence-corrected chi connectivity index (χ1v) is 14.1. The zero-order valence-corrected chi connectivity index (χ0v) is 24.3. The SMILES string of the molecule is COc1ccc2cc1OCC(=O)N[C@@H](C)C(=O)N(C)CCCCN(C(=O)CCn1cccn1)CCCNC(=O)CC2. The quantitative estimate of drug-likeness (QED) is 0.567. The molecule has 2 heterocycles. The van der Waals surface area contributed by atoms with E-state index in [9.17, 15) is 19.2 Å². The molecule has 41 heavy (non-hydrogen) atoms. The average Bonchev–Trinajstić information content (AvgIpc) is 3.49. The molecule has 0 spiro atoms. The third-order valence-corrected chi connectivity index (χ3v) is 6.92. The minimum atomic E-state index is -0.721. The number of carbonyl (C=O) groups is 4. The Morgan fingerprint density at radius 1 is 1.10 bits per heavy atom. The second-order valence-electron chi connectivity index (χ2n) is 10.1. The lowest BCUT2D eigenvalue weighted by molar-refractivity contribution is -0.135. The molecule has 0 radical (unpaired) electrons. The van der Waals surface area contributed by atoms with Crippen LogP contribution in [0.2, 0.25) is 0 Å². The van der Waals surface area contributed by atoms with Crippen LogP contribution in [0.1, 0.15) is 44.6 Å². The van der Waals surface area contributed by atoms with E-state index >= 15 is 0 Å². The van der Waals surface area contributed by atoms with Crippen molar-refractivity contribution < 1.29 is 28.7 Å². The number of fused-ring (bicyclic) bond motifs is 2. The van der Waals surface area contributed by atoms with Crippen LogP contribution in [-0.2, 0) is 32.1 Å². The van der Waals surface area contributed by atoms with Crippen LogP contribution in [0.15, 0.2) is 36.7 Å². The summed E-state index contributed by atoms with van der Waals surface area (Å²) >= 11 is 0. The number of rotatable bonds is 4. The van der Waals surface area contributed by atoms with E-state index in [1.54, 1.807) is 41.9 Å². The van der Waals surface area contributed by atoms with E-state index in [2.05, 4.69) is 15.7 Å². The van der Waals surface area contributed by atoms with Crippen LogP contribution in [0.3, 0.4) is 0 Å². The lowest BCUT2D eigenvalue weighted by atomic mass is 10.1. The standard InChI is InChI=1S/C29H42N6O6/c1-22-29(39)33(2)15-4-5-16-34(28(38)12-19-35-18-7-14-31-35)17-6-13-30-26(36)11-9-23-8-10-24(40-3)25(20-23)41-21-27(37)32-22/h7-8,10,14,18,20,22H,4-6,9,11-13,15-17,19,21H2,1-3H3,(H,30,36)(H,32,37)/t22-/m0/s1. The normalized spacial score (nSPS) is 18.8. The van der Waals surface area contributed by atoms with Gasteiger partial charge in [0.05, 0.1) is 7.11 Å². The Bertz CT molecular complexity index is 1150. The number of benzene rings is 1. The molecule has 1 aromatic heterocycles. The van der Waals surface area contributed by atoms with Crippen LogP contribution >= 0.6 is 0 Å². The molecule has 12 heteroatoms. The maximum atomic E-state index is 13.0. The molecule has 224 valence electrons. The first-order chi connectivity index (χ1) is 19.8. The molecule has 0 unspecified atom stereocenters. The topological polar surface area (TPSA) is 135 Å². The van der Waals surface area contributed by atoms with Gasteiger partial charge in [-0.1, -0.05) is 6.07 Å². The summed E-state index contributed by atoms with van der Waals surface area (Å²) in [4.78, 5) is 54.2. The van der Waals surface area contributed by atoms with E-state index in [1.165, 1.54) is 7.11 Å². The van der Waals surface area contributed by atoms with Crippen LogP contribution in [0.25, 0.3) is 0 Å². The fourth-order valence-electron chi connectivity index (χ4n) is 4.58. The number of likely N-dealkylation sites (N-methyl/N-ethyl adjacent to an activating group) is 1. The number of amides is 4. The van der Waals surface area contributed by atoms with Gasteiger partial charge in [0.2, 0.25) is 17.7 Å². The van der Waals surface area contributed by atoms with Crippen molar-refractivity contribution in [2.45, 2.75) is 58.0 Å². The van der Waals surface area contributed by atoms with Crippen molar-refractivity contribution in [2.24, 2.45) is 0 Å². The predicted molar refractivity (Wildman–Crippen MR) is 152 cm³/mol. The molecule has 0 fully saturated rings. The third kappa shape index (κ3) is 10.4. The first-order valence-electron chi connectivity index (χ1n) is 14.1. The van der Waals surface area contributed by atoms with E-state index < -0.39 is 11.9 Å². The predicted octanol–water partition coefficient (Wildman–Crippen LogP) is 1.39. The highest BCUT2D eigenvalue weighted by Gasteiger charge is 2.21. The molecule has 1 aromatic carbocycles. The Kier molecular flexibility index (Phi) is 12.5. The Labute approximate surface area is 241 Å². The first kappa shape index (κ1) is 31.4. The molecule has 12 nitrogen and oxygen atoms in total. The van der Waals surface area contributed by atoms with E-state index in [0.29, 0.717) is 76.3 Å². The highest BCUT2D eigenvalue weighted by Crippen LogP contribution is 2.28. The van der Waals surface area contributed by atoms with Crippen molar-refractivity contribution >= 4 is 23.6 Å².